The second kappa shape index (κ2) is 15.0. The molecule has 4 heterocycles. The van der Waals surface area contributed by atoms with Gasteiger partial charge >= 0.3 is 24.3 Å². The molecule has 1 saturated heterocycles. The van der Waals surface area contributed by atoms with Crippen LogP contribution < -0.4 is 0 Å². The first-order valence-electron chi connectivity index (χ1n) is 12.2. The molecule has 0 amide bonds. The Balaban J connectivity index is 0.000000333. The van der Waals surface area contributed by atoms with Crippen molar-refractivity contribution in [3.05, 3.63) is 53.6 Å². The van der Waals surface area contributed by atoms with Crippen LogP contribution >= 0.6 is 0 Å². The number of halogens is 6. The van der Waals surface area contributed by atoms with Crippen molar-refractivity contribution in [2.75, 3.05) is 26.3 Å². The molecule has 0 saturated carbocycles. The van der Waals surface area contributed by atoms with Crippen LogP contribution in [0.3, 0.4) is 0 Å². The number of fused-ring (bicyclic) bond motifs is 1. The molecule has 0 radical (unpaired) electrons. The average Bonchev–Trinajstić information content (AvgIpc) is 3.22. The Kier molecular flexibility index (Phi) is 12.4. The van der Waals surface area contributed by atoms with Crippen molar-refractivity contribution in [3.8, 4) is 0 Å². The van der Waals surface area contributed by atoms with E-state index in [0.717, 1.165) is 56.7 Å². The fraction of sp³-hybridized carbons (Fsp3) is 0.560. The van der Waals surface area contributed by atoms with Crippen LogP contribution in [0.4, 0.5) is 26.3 Å². The number of aromatic nitrogens is 2. The maximum absolute atomic E-state index is 10.6. The van der Waals surface area contributed by atoms with Gasteiger partial charge in [0.2, 0.25) is 0 Å². The number of ether oxygens (including phenoxy) is 2. The van der Waals surface area contributed by atoms with Crippen LogP contribution in [0, 0.1) is 12.8 Å². The van der Waals surface area contributed by atoms with Gasteiger partial charge in [-0.05, 0) is 49.9 Å². The topological polar surface area (TPSA) is 114 Å². The van der Waals surface area contributed by atoms with Crippen molar-refractivity contribution in [3.63, 3.8) is 0 Å². The largest absolute Gasteiger partial charge is 0.490 e. The quantitative estimate of drug-likeness (QED) is 0.502. The van der Waals surface area contributed by atoms with Crippen molar-refractivity contribution >= 4 is 11.9 Å². The van der Waals surface area contributed by atoms with Gasteiger partial charge in [-0.15, -0.1) is 0 Å². The standard InChI is InChI=1S/C21H29N3O2.2C2HF3O2/c1-17-4-2-5-19(22-17)16-26-21-14-23(12-18-7-10-25-11-8-18)13-20-6-3-9-24(20)15-21;2*3-2(4,5)1(6)7/h2-6,9,18,21H,7-8,10-16H2,1H3;2*(H,6,7). The molecule has 4 rings (SSSR count). The van der Waals surface area contributed by atoms with Crippen LogP contribution in [-0.4, -0.2) is 81.4 Å². The lowest BCUT2D eigenvalue weighted by Gasteiger charge is -2.30. The van der Waals surface area contributed by atoms with E-state index in [4.69, 9.17) is 29.3 Å². The number of hydrogen-bond donors (Lipinski definition) is 2. The van der Waals surface area contributed by atoms with Crippen molar-refractivity contribution in [2.45, 2.75) is 57.9 Å². The second-order valence-corrected chi connectivity index (χ2v) is 9.21. The molecular weight excluding hydrogens is 552 g/mol. The Morgan fingerprint density at radius 1 is 1.00 bits per heavy atom. The summed E-state index contributed by atoms with van der Waals surface area (Å²) in [5.41, 5.74) is 3.44. The summed E-state index contributed by atoms with van der Waals surface area (Å²) in [6.45, 7) is 8.46. The Labute approximate surface area is 226 Å². The van der Waals surface area contributed by atoms with Gasteiger partial charge < -0.3 is 24.3 Å². The lowest BCUT2D eigenvalue weighted by atomic mass is 9.99. The van der Waals surface area contributed by atoms with Crippen molar-refractivity contribution in [1.82, 2.24) is 14.5 Å². The predicted octanol–water partition coefficient (Wildman–Crippen LogP) is 4.29. The fourth-order valence-electron chi connectivity index (χ4n) is 4.05. The summed E-state index contributed by atoms with van der Waals surface area (Å²) in [6.07, 6.45) is -5.45. The molecule has 2 aliphatic heterocycles. The predicted molar refractivity (Wildman–Crippen MR) is 128 cm³/mol. The SMILES string of the molecule is Cc1cccc(COC2CN(CC3CCOCC3)Cc3cccn3C2)n1.O=C(O)C(F)(F)F.O=C(O)C(F)(F)F. The first kappa shape index (κ1) is 33.0. The zero-order valence-corrected chi connectivity index (χ0v) is 21.6. The number of aryl methyl sites for hydroxylation is 1. The molecule has 224 valence electrons. The van der Waals surface area contributed by atoms with E-state index < -0.39 is 24.3 Å². The molecule has 0 aromatic carbocycles. The third-order valence-corrected chi connectivity index (χ3v) is 5.93. The summed E-state index contributed by atoms with van der Waals surface area (Å²) in [5, 5.41) is 14.2. The van der Waals surface area contributed by atoms with E-state index in [1.165, 1.54) is 18.5 Å². The number of nitrogens with zero attached hydrogens (tertiary/aromatic N) is 3. The highest BCUT2D eigenvalue weighted by molar-refractivity contribution is 5.73. The van der Waals surface area contributed by atoms with Gasteiger partial charge in [-0.2, -0.15) is 26.3 Å². The summed E-state index contributed by atoms with van der Waals surface area (Å²) in [7, 11) is 0. The summed E-state index contributed by atoms with van der Waals surface area (Å²) < 4.78 is 77.6. The van der Waals surface area contributed by atoms with E-state index in [-0.39, 0.29) is 6.10 Å². The van der Waals surface area contributed by atoms with Gasteiger partial charge in [0.15, 0.2) is 0 Å². The van der Waals surface area contributed by atoms with Gasteiger partial charge in [-0.3, -0.25) is 9.88 Å². The molecular formula is C25H31F6N3O6. The Bertz CT molecular complexity index is 1060. The van der Waals surface area contributed by atoms with E-state index in [1.807, 2.05) is 19.1 Å². The van der Waals surface area contributed by atoms with Gasteiger partial charge in [0.05, 0.1) is 18.4 Å². The molecule has 15 heteroatoms. The molecule has 2 aromatic rings. The minimum Gasteiger partial charge on any atom is -0.475 e. The maximum atomic E-state index is 10.6. The number of carbonyl (C=O) groups is 2. The van der Waals surface area contributed by atoms with Crippen molar-refractivity contribution < 1.29 is 55.6 Å². The van der Waals surface area contributed by atoms with Crippen molar-refractivity contribution in [1.29, 1.82) is 0 Å². The fourth-order valence-corrected chi connectivity index (χ4v) is 4.05. The van der Waals surface area contributed by atoms with Gasteiger partial charge in [0.1, 0.15) is 0 Å². The van der Waals surface area contributed by atoms with E-state index in [9.17, 15) is 26.3 Å². The first-order valence-corrected chi connectivity index (χ1v) is 12.2. The van der Waals surface area contributed by atoms with Crippen LogP contribution in [0.1, 0.15) is 29.9 Å². The minimum atomic E-state index is -5.08. The maximum Gasteiger partial charge on any atom is 0.490 e. The summed E-state index contributed by atoms with van der Waals surface area (Å²) in [4.78, 5) is 24.9. The lowest BCUT2D eigenvalue weighted by Crippen LogP contribution is -2.37. The number of hydrogen-bond acceptors (Lipinski definition) is 6. The highest BCUT2D eigenvalue weighted by Gasteiger charge is 2.38. The molecule has 0 bridgehead atoms. The Hall–Kier alpha value is -3.17. The Morgan fingerprint density at radius 3 is 2.15 bits per heavy atom. The monoisotopic (exact) mass is 583 g/mol. The zero-order chi connectivity index (χ0) is 29.9. The third-order valence-electron chi connectivity index (χ3n) is 5.93. The molecule has 0 aliphatic carbocycles. The number of carboxylic acids is 2. The highest BCUT2D eigenvalue weighted by atomic mass is 19.4. The molecule has 0 spiro atoms. The minimum absolute atomic E-state index is 0.186. The summed E-state index contributed by atoms with van der Waals surface area (Å²) in [5.74, 6) is -4.77. The van der Waals surface area contributed by atoms with Gasteiger partial charge in [-0.25, -0.2) is 9.59 Å². The van der Waals surface area contributed by atoms with Crippen LogP contribution in [-0.2, 0) is 38.8 Å². The molecule has 1 unspecified atom stereocenters. The number of alkyl halides is 6. The van der Waals surface area contributed by atoms with Crippen molar-refractivity contribution in [2.24, 2.45) is 5.92 Å². The van der Waals surface area contributed by atoms with Gasteiger partial charge in [-0.1, -0.05) is 6.07 Å². The van der Waals surface area contributed by atoms with E-state index in [1.54, 1.807) is 0 Å². The number of pyridine rings is 1. The molecule has 40 heavy (non-hydrogen) atoms. The number of carboxylic acid groups (broad SMARTS) is 2. The van der Waals surface area contributed by atoms with Crippen LogP contribution in [0.15, 0.2) is 36.5 Å². The smallest absolute Gasteiger partial charge is 0.475 e. The highest BCUT2D eigenvalue weighted by Crippen LogP contribution is 2.21. The summed E-state index contributed by atoms with van der Waals surface area (Å²) in [6, 6.07) is 10.5. The molecule has 2 aromatic heterocycles. The van der Waals surface area contributed by atoms with Crippen LogP contribution in [0.5, 0.6) is 0 Å². The third kappa shape index (κ3) is 11.9. The molecule has 1 atom stereocenters. The second-order valence-electron chi connectivity index (χ2n) is 9.21. The van der Waals surface area contributed by atoms with E-state index in [0.29, 0.717) is 6.61 Å². The van der Waals surface area contributed by atoms with Crippen LogP contribution in [0.2, 0.25) is 0 Å². The number of rotatable bonds is 5. The first-order chi connectivity index (χ1) is 18.6. The number of aliphatic carboxylic acids is 2. The molecule has 9 nitrogen and oxygen atoms in total. The summed E-state index contributed by atoms with van der Waals surface area (Å²) >= 11 is 0. The van der Waals surface area contributed by atoms with E-state index >= 15 is 0 Å². The van der Waals surface area contributed by atoms with E-state index in [2.05, 4.69) is 38.8 Å². The van der Waals surface area contributed by atoms with Gasteiger partial charge in [0, 0.05) is 57.0 Å². The lowest BCUT2D eigenvalue weighted by molar-refractivity contribution is -0.193. The van der Waals surface area contributed by atoms with Crippen LogP contribution in [0.25, 0.3) is 0 Å². The molecule has 2 N–H and O–H groups in total. The Morgan fingerprint density at radius 2 is 1.60 bits per heavy atom. The van der Waals surface area contributed by atoms with Gasteiger partial charge in [0.25, 0.3) is 0 Å². The molecule has 2 aliphatic rings. The zero-order valence-electron chi connectivity index (χ0n) is 21.6. The normalized spacial score (nSPS) is 18.3. The molecule has 1 fully saturated rings. The average molecular weight is 584 g/mol.